The summed E-state index contributed by atoms with van der Waals surface area (Å²) in [5, 5.41) is 0. The minimum Gasteiger partial charge on any atom is -0.269 e. The van der Waals surface area contributed by atoms with Crippen molar-refractivity contribution < 1.29 is 0 Å². The van der Waals surface area contributed by atoms with E-state index < -0.39 is 0 Å². The quantitative estimate of drug-likeness (QED) is 0.521. The zero-order valence-corrected chi connectivity index (χ0v) is 10.5. The summed E-state index contributed by atoms with van der Waals surface area (Å²) in [7, 11) is 0. The molecule has 0 unspecified atom stereocenters. The molecule has 84 valence electrons. The number of rotatable bonds is 3. The molecule has 1 rings (SSSR count). The molecular formula is C15H19N. The Hall–Kier alpha value is -1.63. The summed E-state index contributed by atoms with van der Waals surface area (Å²) < 4.78 is 0. The number of allylic oxidation sites excluding steroid dienone is 4. The van der Waals surface area contributed by atoms with Crippen molar-refractivity contribution in [2.45, 2.75) is 27.7 Å². The van der Waals surface area contributed by atoms with E-state index in [1.807, 2.05) is 6.92 Å². The van der Waals surface area contributed by atoms with Gasteiger partial charge >= 0.3 is 0 Å². The average Bonchev–Trinajstić information content (AvgIpc) is 2.26. The Bertz CT molecular complexity index is 446. The van der Waals surface area contributed by atoms with Crippen LogP contribution in [0.15, 0.2) is 46.6 Å². The molecule has 1 nitrogen and oxygen atoms in total. The van der Waals surface area contributed by atoms with E-state index in [1.165, 1.54) is 16.7 Å². The van der Waals surface area contributed by atoms with E-state index in [0.717, 1.165) is 11.3 Å². The van der Waals surface area contributed by atoms with Crippen LogP contribution in [0.3, 0.4) is 0 Å². The van der Waals surface area contributed by atoms with E-state index in [4.69, 9.17) is 0 Å². The maximum Gasteiger partial charge on any atom is 0.0443 e. The topological polar surface area (TPSA) is 12.4 Å². The lowest BCUT2D eigenvalue weighted by molar-refractivity contribution is 1.30. The maximum absolute atomic E-state index is 4.04. The molecule has 0 aliphatic rings. The lowest BCUT2D eigenvalue weighted by Crippen LogP contribution is -1.89. The Balaban J connectivity index is 3.40. The second-order valence-electron chi connectivity index (χ2n) is 4.19. The summed E-state index contributed by atoms with van der Waals surface area (Å²) in [6.07, 6.45) is 2.16. The average molecular weight is 213 g/mol. The third kappa shape index (κ3) is 2.93. The van der Waals surface area contributed by atoms with Crippen LogP contribution in [0.1, 0.15) is 31.9 Å². The summed E-state index contributed by atoms with van der Waals surface area (Å²) in [6.45, 7) is 11.9. The molecule has 0 radical (unpaired) electrons. The third-order valence-corrected chi connectivity index (χ3v) is 2.50. The molecule has 1 heteroatoms. The lowest BCUT2D eigenvalue weighted by atomic mass is 9.97. The van der Waals surface area contributed by atoms with E-state index in [-0.39, 0.29) is 0 Å². The first-order valence-electron chi connectivity index (χ1n) is 5.44. The van der Waals surface area contributed by atoms with Crippen molar-refractivity contribution in [1.82, 2.24) is 0 Å². The molecule has 0 amide bonds. The van der Waals surface area contributed by atoms with E-state index in [2.05, 4.69) is 62.8 Å². The van der Waals surface area contributed by atoms with Crippen LogP contribution in [-0.4, -0.2) is 6.72 Å². The Morgan fingerprint density at radius 1 is 1.19 bits per heavy atom. The molecule has 0 fully saturated rings. The molecule has 0 saturated carbocycles. The van der Waals surface area contributed by atoms with Gasteiger partial charge in [0.25, 0.3) is 0 Å². The van der Waals surface area contributed by atoms with Crippen molar-refractivity contribution in [3.05, 3.63) is 52.7 Å². The fourth-order valence-electron chi connectivity index (χ4n) is 1.63. The van der Waals surface area contributed by atoms with E-state index >= 15 is 0 Å². The number of aryl methyl sites for hydroxylation is 1. The normalized spacial score (nSPS) is 11.8. The SMILES string of the molecule is C=N/C(C)=C(\C=C(C)C)c1ccccc1C. The van der Waals surface area contributed by atoms with Gasteiger partial charge in [-0.1, -0.05) is 35.9 Å². The van der Waals surface area contributed by atoms with Crippen molar-refractivity contribution in [3.63, 3.8) is 0 Å². The van der Waals surface area contributed by atoms with Crippen molar-refractivity contribution in [3.8, 4) is 0 Å². The van der Waals surface area contributed by atoms with Crippen molar-refractivity contribution in [1.29, 1.82) is 0 Å². The second kappa shape index (κ2) is 5.45. The Kier molecular flexibility index (Phi) is 4.24. The minimum atomic E-state index is 0.968. The van der Waals surface area contributed by atoms with Gasteiger partial charge in [-0.05, 0) is 45.5 Å². The van der Waals surface area contributed by atoms with Crippen molar-refractivity contribution in [2.24, 2.45) is 4.99 Å². The van der Waals surface area contributed by atoms with Crippen molar-refractivity contribution >= 4 is 12.3 Å². The number of hydrogen-bond acceptors (Lipinski definition) is 1. The molecular weight excluding hydrogens is 194 g/mol. The van der Waals surface area contributed by atoms with Gasteiger partial charge in [-0.2, -0.15) is 0 Å². The first-order chi connectivity index (χ1) is 7.56. The molecule has 0 aromatic heterocycles. The first-order valence-corrected chi connectivity index (χ1v) is 5.44. The molecule has 0 saturated heterocycles. The summed E-state index contributed by atoms with van der Waals surface area (Å²) in [4.78, 5) is 4.04. The van der Waals surface area contributed by atoms with Gasteiger partial charge in [0.15, 0.2) is 0 Å². The van der Waals surface area contributed by atoms with Gasteiger partial charge in [-0.3, -0.25) is 4.99 Å². The number of nitrogens with zero attached hydrogens (tertiary/aromatic N) is 1. The zero-order valence-electron chi connectivity index (χ0n) is 10.5. The third-order valence-electron chi connectivity index (χ3n) is 2.50. The molecule has 0 spiro atoms. The highest BCUT2D eigenvalue weighted by molar-refractivity contribution is 5.78. The van der Waals surface area contributed by atoms with Crippen LogP contribution in [-0.2, 0) is 0 Å². The van der Waals surface area contributed by atoms with Crippen molar-refractivity contribution in [2.75, 3.05) is 0 Å². The molecule has 16 heavy (non-hydrogen) atoms. The first kappa shape index (κ1) is 12.4. The summed E-state index contributed by atoms with van der Waals surface area (Å²) in [5.74, 6) is 0. The highest BCUT2D eigenvalue weighted by atomic mass is 14.7. The van der Waals surface area contributed by atoms with Crippen LogP contribution in [0.5, 0.6) is 0 Å². The van der Waals surface area contributed by atoms with E-state index in [9.17, 15) is 0 Å². The van der Waals surface area contributed by atoms with Gasteiger partial charge in [-0.15, -0.1) is 0 Å². The monoisotopic (exact) mass is 213 g/mol. The van der Waals surface area contributed by atoms with Gasteiger partial charge in [0.2, 0.25) is 0 Å². The molecule has 1 aromatic rings. The van der Waals surface area contributed by atoms with Crippen LogP contribution < -0.4 is 0 Å². The number of hydrogen-bond donors (Lipinski definition) is 0. The molecule has 0 aliphatic carbocycles. The molecule has 0 aliphatic heterocycles. The molecule has 0 bridgehead atoms. The fraction of sp³-hybridized carbons (Fsp3) is 0.267. The summed E-state index contributed by atoms with van der Waals surface area (Å²) >= 11 is 0. The fourth-order valence-corrected chi connectivity index (χ4v) is 1.63. The lowest BCUT2D eigenvalue weighted by Gasteiger charge is -2.09. The standard InChI is InChI=1S/C15H19N/c1-11(2)10-15(13(4)16-5)14-9-7-6-8-12(14)3/h6-10H,5H2,1-4H3/b15-13+. The highest BCUT2D eigenvalue weighted by Crippen LogP contribution is 2.25. The Morgan fingerprint density at radius 2 is 1.81 bits per heavy atom. The van der Waals surface area contributed by atoms with Crippen LogP contribution in [0.25, 0.3) is 5.57 Å². The molecule has 0 N–H and O–H groups in total. The second-order valence-corrected chi connectivity index (χ2v) is 4.19. The van der Waals surface area contributed by atoms with Gasteiger partial charge in [0, 0.05) is 11.3 Å². The minimum absolute atomic E-state index is 0.968. The van der Waals surface area contributed by atoms with E-state index in [0.29, 0.717) is 0 Å². The highest BCUT2D eigenvalue weighted by Gasteiger charge is 2.05. The summed E-state index contributed by atoms with van der Waals surface area (Å²) in [5.41, 5.74) is 5.89. The molecule has 0 atom stereocenters. The van der Waals surface area contributed by atoms with Crippen LogP contribution in [0, 0.1) is 6.92 Å². The number of aliphatic imine (C=N–C) groups is 1. The molecule has 1 aromatic carbocycles. The van der Waals surface area contributed by atoms with E-state index in [1.54, 1.807) is 0 Å². The summed E-state index contributed by atoms with van der Waals surface area (Å²) in [6, 6.07) is 8.34. The maximum atomic E-state index is 4.04. The smallest absolute Gasteiger partial charge is 0.0443 e. The van der Waals surface area contributed by atoms with Gasteiger partial charge in [0.1, 0.15) is 0 Å². The van der Waals surface area contributed by atoms with Gasteiger partial charge < -0.3 is 0 Å². The predicted molar refractivity (Wildman–Crippen MR) is 72.8 cm³/mol. The molecule has 0 heterocycles. The largest absolute Gasteiger partial charge is 0.269 e. The zero-order chi connectivity index (χ0) is 12.1. The Labute approximate surface area is 98.2 Å². The van der Waals surface area contributed by atoms with Gasteiger partial charge in [0.05, 0.1) is 0 Å². The predicted octanol–water partition coefficient (Wildman–Crippen LogP) is 4.39. The van der Waals surface area contributed by atoms with Crippen LogP contribution in [0.4, 0.5) is 0 Å². The van der Waals surface area contributed by atoms with Crippen LogP contribution in [0.2, 0.25) is 0 Å². The Morgan fingerprint density at radius 3 is 2.31 bits per heavy atom. The van der Waals surface area contributed by atoms with Gasteiger partial charge in [-0.25, -0.2) is 0 Å². The number of benzene rings is 1. The van der Waals surface area contributed by atoms with Crippen LogP contribution >= 0.6 is 0 Å².